The maximum Gasteiger partial charge on any atom is 0.269 e. The van der Waals surface area contributed by atoms with E-state index in [-0.39, 0.29) is 29.3 Å². The molecule has 0 aliphatic carbocycles. The minimum absolute atomic E-state index is 0.0369. The van der Waals surface area contributed by atoms with Crippen LogP contribution in [0.3, 0.4) is 0 Å². The highest BCUT2D eigenvalue weighted by molar-refractivity contribution is 7.91. The van der Waals surface area contributed by atoms with Crippen molar-refractivity contribution in [3.8, 4) is 0 Å². The summed E-state index contributed by atoms with van der Waals surface area (Å²) < 4.78 is 29.2. The number of hydrogen-bond donors (Lipinski definition) is 2. The topological polar surface area (TPSA) is 123 Å². The van der Waals surface area contributed by atoms with Crippen LogP contribution < -0.4 is 10.6 Å². The lowest BCUT2D eigenvalue weighted by Gasteiger charge is -2.24. The van der Waals surface area contributed by atoms with Crippen molar-refractivity contribution in [2.24, 2.45) is 4.99 Å². The first-order valence-corrected chi connectivity index (χ1v) is 11.3. The van der Waals surface area contributed by atoms with Gasteiger partial charge in [-0.15, -0.1) is 0 Å². The second-order valence-electron chi connectivity index (χ2n) is 7.20. The summed E-state index contributed by atoms with van der Waals surface area (Å²) in [7, 11) is -2.99. The molecule has 0 amide bonds. The van der Waals surface area contributed by atoms with E-state index in [9.17, 15) is 18.5 Å². The first-order valence-electron chi connectivity index (χ1n) is 9.51. The van der Waals surface area contributed by atoms with Crippen LogP contribution in [0.5, 0.6) is 0 Å². The highest BCUT2D eigenvalue weighted by atomic mass is 32.2. The molecular formula is C18H26N4O5S. The van der Waals surface area contributed by atoms with Gasteiger partial charge in [0.05, 0.1) is 29.1 Å². The molecule has 0 bridgehead atoms. The lowest BCUT2D eigenvalue weighted by molar-refractivity contribution is -0.384. The molecule has 0 spiro atoms. The van der Waals surface area contributed by atoms with Gasteiger partial charge >= 0.3 is 0 Å². The number of nitro groups is 1. The molecule has 2 aliphatic rings. The summed E-state index contributed by atoms with van der Waals surface area (Å²) in [6.45, 7) is 1.69. The highest BCUT2D eigenvalue weighted by Gasteiger charge is 2.28. The molecule has 2 unspecified atom stereocenters. The van der Waals surface area contributed by atoms with Crippen LogP contribution in [0.25, 0.3) is 0 Å². The Balaban J connectivity index is 1.63. The summed E-state index contributed by atoms with van der Waals surface area (Å²) in [4.78, 5) is 14.9. The molecule has 10 heteroatoms. The molecule has 0 saturated carbocycles. The van der Waals surface area contributed by atoms with Crippen molar-refractivity contribution in [2.75, 3.05) is 24.7 Å². The van der Waals surface area contributed by atoms with Gasteiger partial charge in [0, 0.05) is 31.3 Å². The molecule has 2 aliphatic heterocycles. The Kier molecular flexibility index (Phi) is 6.84. The van der Waals surface area contributed by atoms with E-state index in [1.165, 1.54) is 12.1 Å². The molecule has 154 valence electrons. The number of nitro benzene ring substituents is 1. The number of benzene rings is 1. The van der Waals surface area contributed by atoms with E-state index < -0.39 is 14.8 Å². The van der Waals surface area contributed by atoms with Gasteiger partial charge in [-0.25, -0.2) is 13.4 Å². The van der Waals surface area contributed by atoms with E-state index >= 15 is 0 Å². The average molecular weight is 410 g/mol. The van der Waals surface area contributed by atoms with Gasteiger partial charge in [-0.3, -0.25) is 10.1 Å². The molecule has 9 nitrogen and oxygen atoms in total. The van der Waals surface area contributed by atoms with Crippen molar-refractivity contribution in [2.45, 2.75) is 44.4 Å². The number of nitrogens with zero attached hydrogens (tertiary/aromatic N) is 2. The quantitative estimate of drug-likeness (QED) is 0.314. The van der Waals surface area contributed by atoms with Gasteiger partial charge < -0.3 is 15.4 Å². The van der Waals surface area contributed by atoms with E-state index in [1.807, 2.05) is 0 Å². The number of nitrogens with one attached hydrogen (secondary N) is 2. The van der Waals surface area contributed by atoms with Crippen molar-refractivity contribution in [3.63, 3.8) is 0 Å². The van der Waals surface area contributed by atoms with Crippen molar-refractivity contribution < 1.29 is 18.1 Å². The maximum absolute atomic E-state index is 11.7. The van der Waals surface area contributed by atoms with E-state index in [0.717, 1.165) is 31.4 Å². The number of guanidine groups is 1. The first-order chi connectivity index (χ1) is 13.4. The largest absolute Gasteiger partial charge is 0.376 e. The Bertz CT molecular complexity index is 804. The summed E-state index contributed by atoms with van der Waals surface area (Å²) in [6.07, 6.45) is 3.87. The fraction of sp³-hybridized carbons (Fsp3) is 0.611. The zero-order valence-electron chi connectivity index (χ0n) is 15.7. The van der Waals surface area contributed by atoms with Gasteiger partial charge in [-0.1, -0.05) is 12.1 Å². The van der Waals surface area contributed by atoms with E-state index in [0.29, 0.717) is 25.5 Å². The van der Waals surface area contributed by atoms with Gasteiger partial charge in [-0.05, 0) is 31.2 Å². The monoisotopic (exact) mass is 410 g/mol. The first kappa shape index (κ1) is 20.5. The third-order valence-electron chi connectivity index (χ3n) is 4.91. The Morgan fingerprint density at radius 1 is 1.25 bits per heavy atom. The summed E-state index contributed by atoms with van der Waals surface area (Å²) in [5.74, 6) is 0.826. The van der Waals surface area contributed by atoms with Gasteiger partial charge in [0.2, 0.25) is 0 Å². The molecule has 2 saturated heterocycles. The Hall–Kier alpha value is -2.20. The standard InChI is InChI=1S/C18H26N4O5S/c23-22(24)16-6-4-14(5-7-16)11-19-18(20-12-17-3-1-2-9-27-17)21-15-8-10-28(25,26)13-15/h4-7,15,17H,1-3,8-13H2,(H2,19,20,21). The van der Waals surface area contributed by atoms with Gasteiger partial charge in [-0.2, -0.15) is 0 Å². The smallest absolute Gasteiger partial charge is 0.269 e. The van der Waals surface area contributed by atoms with Crippen LogP contribution in [0.15, 0.2) is 29.3 Å². The lowest BCUT2D eigenvalue weighted by atomic mass is 10.1. The maximum atomic E-state index is 11.7. The number of ether oxygens (including phenoxy) is 1. The molecule has 2 atom stereocenters. The Morgan fingerprint density at radius 3 is 2.64 bits per heavy atom. The summed E-state index contributed by atoms with van der Waals surface area (Å²) in [5, 5.41) is 17.2. The van der Waals surface area contributed by atoms with Crippen LogP contribution in [0, 0.1) is 10.1 Å². The molecule has 2 fully saturated rings. The SMILES string of the molecule is O=[N+]([O-])c1ccc(CN=C(NCC2CCCCO2)NC2CCS(=O)(=O)C2)cc1. The molecular weight excluding hydrogens is 384 g/mol. The van der Waals surface area contributed by atoms with Crippen molar-refractivity contribution in [1.82, 2.24) is 10.6 Å². The molecule has 1 aromatic rings. The minimum Gasteiger partial charge on any atom is -0.376 e. The predicted octanol–water partition coefficient (Wildman–Crippen LogP) is 1.39. The second kappa shape index (κ2) is 9.33. The molecule has 3 rings (SSSR count). The van der Waals surface area contributed by atoms with E-state index in [1.54, 1.807) is 12.1 Å². The highest BCUT2D eigenvalue weighted by Crippen LogP contribution is 2.14. The van der Waals surface area contributed by atoms with Crippen LogP contribution in [-0.2, 0) is 21.1 Å². The van der Waals surface area contributed by atoms with Crippen LogP contribution in [-0.4, -0.2) is 56.1 Å². The van der Waals surface area contributed by atoms with E-state index in [2.05, 4.69) is 15.6 Å². The van der Waals surface area contributed by atoms with E-state index in [4.69, 9.17) is 4.74 Å². The predicted molar refractivity (Wildman–Crippen MR) is 106 cm³/mol. The summed E-state index contributed by atoms with van der Waals surface area (Å²) in [5.41, 5.74) is 0.870. The van der Waals surface area contributed by atoms with Crippen LogP contribution >= 0.6 is 0 Å². The van der Waals surface area contributed by atoms with Crippen LogP contribution in [0.2, 0.25) is 0 Å². The third-order valence-corrected chi connectivity index (χ3v) is 6.68. The number of aliphatic imine (C=N–C) groups is 1. The fourth-order valence-electron chi connectivity index (χ4n) is 3.33. The molecule has 1 aromatic carbocycles. The minimum atomic E-state index is -2.99. The summed E-state index contributed by atoms with van der Waals surface area (Å²) >= 11 is 0. The van der Waals surface area contributed by atoms with Gasteiger partial charge in [0.15, 0.2) is 15.8 Å². The number of hydrogen-bond acceptors (Lipinski definition) is 6. The number of rotatable bonds is 6. The second-order valence-corrected chi connectivity index (χ2v) is 9.43. The molecule has 0 aromatic heterocycles. The zero-order chi connectivity index (χ0) is 20.0. The fourth-order valence-corrected chi connectivity index (χ4v) is 5.00. The van der Waals surface area contributed by atoms with Crippen molar-refractivity contribution in [3.05, 3.63) is 39.9 Å². The molecule has 0 radical (unpaired) electrons. The zero-order valence-corrected chi connectivity index (χ0v) is 16.5. The van der Waals surface area contributed by atoms with Gasteiger partial charge in [0.25, 0.3) is 5.69 Å². The Labute approximate surface area is 164 Å². The van der Waals surface area contributed by atoms with Gasteiger partial charge in [0.1, 0.15) is 0 Å². The van der Waals surface area contributed by atoms with Crippen LogP contribution in [0.1, 0.15) is 31.2 Å². The Morgan fingerprint density at radius 2 is 2.04 bits per heavy atom. The number of non-ortho nitro benzene ring substituents is 1. The molecule has 2 heterocycles. The van der Waals surface area contributed by atoms with Crippen LogP contribution in [0.4, 0.5) is 5.69 Å². The molecule has 2 N–H and O–H groups in total. The average Bonchev–Trinajstić information content (AvgIpc) is 3.03. The normalized spacial score (nSPS) is 24.6. The lowest BCUT2D eigenvalue weighted by Crippen LogP contribution is -2.47. The number of sulfone groups is 1. The van der Waals surface area contributed by atoms with Crippen molar-refractivity contribution >= 4 is 21.5 Å². The molecule has 28 heavy (non-hydrogen) atoms. The van der Waals surface area contributed by atoms with Crippen molar-refractivity contribution in [1.29, 1.82) is 0 Å². The summed E-state index contributed by atoms with van der Waals surface area (Å²) in [6, 6.07) is 6.07. The third kappa shape index (κ3) is 6.16.